The molecule has 0 spiro atoms. The quantitative estimate of drug-likeness (QED) is 0.327. The largest absolute Gasteiger partial charge is 0.458 e. The molecule has 0 saturated heterocycles. The van der Waals surface area contributed by atoms with E-state index in [4.69, 9.17) is 23.9 Å². The summed E-state index contributed by atoms with van der Waals surface area (Å²) in [5.74, 6) is 0.574. The van der Waals surface area contributed by atoms with Crippen molar-refractivity contribution in [2.24, 2.45) is 0 Å². The molecule has 2 heterocycles. The van der Waals surface area contributed by atoms with Crippen molar-refractivity contribution in [3.8, 4) is 22.6 Å². The molecule has 0 saturated carbocycles. The first-order valence-corrected chi connectivity index (χ1v) is 10.2. The zero-order chi connectivity index (χ0) is 34.0. The number of hydrogen-bond donors (Lipinski definition) is 0. The average molecular weight is 435 g/mol. The van der Waals surface area contributed by atoms with E-state index < -0.39 is 78.5 Å². The van der Waals surface area contributed by atoms with Crippen LogP contribution in [0.3, 0.4) is 0 Å². The number of rotatable bonds is 3. The van der Waals surface area contributed by atoms with Gasteiger partial charge in [0.05, 0.1) is 19.2 Å². The molecule has 33 heavy (non-hydrogen) atoms. The van der Waals surface area contributed by atoms with Crippen LogP contribution in [0.2, 0.25) is 0 Å². The highest BCUT2D eigenvalue weighted by molar-refractivity contribution is 7.00. The van der Waals surface area contributed by atoms with E-state index in [0.29, 0.717) is 33.3 Å². The summed E-state index contributed by atoms with van der Waals surface area (Å²) >= 11 is 0. The van der Waals surface area contributed by atoms with E-state index in [9.17, 15) is 0 Å². The van der Waals surface area contributed by atoms with Crippen LogP contribution in [0, 0.1) is 0 Å². The van der Waals surface area contributed by atoms with Gasteiger partial charge in [-0.05, 0) is 58.4 Å². The first-order valence-electron chi connectivity index (χ1n) is 17.2. The van der Waals surface area contributed by atoms with Crippen molar-refractivity contribution in [2.45, 2.75) is 0 Å². The second-order valence-corrected chi connectivity index (χ2v) is 7.55. The number of benzene rings is 5. The van der Waals surface area contributed by atoms with Crippen molar-refractivity contribution >= 4 is 40.2 Å². The molecule has 0 fully saturated rings. The molecular formula is C30H20BNO. The van der Waals surface area contributed by atoms with Gasteiger partial charge in [-0.25, -0.2) is 0 Å². The SMILES string of the molecule is [2H]c1c([2H])c([2H])c(N(c2ccc3c(c2)Oc2cccc4c2B3c2c([2H])c([2H])c([2H])c([2H])c2-4)c2c([2H])c([2H])c([2H])c([2H])c2[2H])c([2H])c1[2H]. The van der Waals surface area contributed by atoms with E-state index in [1.807, 2.05) is 0 Å². The molecule has 0 bridgehead atoms. The molecule has 0 aromatic heterocycles. The minimum absolute atomic E-state index is 0.0496. The fourth-order valence-electron chi connectivity index (χ4n) is 4.54. The maximum atomic E-state index is 8.78. The predicted octanol–water partition coefficient (Wildman–Crippen LogP) is 5.76. The van der Waals surface area contributed by atoms with Gasteiger partial charge >= 0.3 is 0 Å². The molecule has 3 heteroatoms. The first-order chi connectivity index (χ1) is 22.2. The monoisotopic (exact) mass is 435 g/mol. The fraction of sp³-hybridized carbons (Fsp3) is 0. The van der Waals surface area contributed by atoms with Gasteiger partial charge in [-0.3, -0.25) is 0 Å². The maximum Gasteiger partial charge on any atom is 0.252 e. The molecule has 0 amide bonds. The molecule has 0 radical (unpaired) electrons. The summed E-state index contributed by atoms with van der Waals surface area (Å²) < 4.78 is 124. The topological polar surface area (TPSA) is 12.5 Å². The molecule has 2 aliphatic heterocycles. The number of anilines is 3. The lowest BCUT2D eigenvalue weighted by Gasteiger charge is -2.29. The van der Waals surface area contributed by atoms with Crippen LogP contribution >= 0.6 is 0 Å². The van der Waals surface area contributed by atoms with Crippen LogP contribution in [0.25, 0.3) is 11.1 Å². The molecule has 7 rings (SSSR count). The highest BCUT2D eigenvalue weighted by Gasteiger charge is 2.40. The predicted molar refractivity (Wildman–Crippen MR) is 138 cm³/mol. The number of fused-ring (bicyclic) bond motifs is 5. The average Bonchev–Trinajstić information content (AvgIpc) is 3.42. The van der Waals surface area contributed by atoms with Gasteiger partial charge in [0, 0.05) is 23.1 Å². The molecule has 0 N–H and O–H groups in total. The maximum absolute atomic E-state index is 8.78. The van der Waals surface area contributed by atoms with E-state index in [-0.39, 0.29) is 35.6 Å². The molecule has 154 valence electrons. The second kappa shape index (κ2) is 7.14. The van der Waals surface area contributed by atoms with Gasteiger partial charge in [0.25, 0.3) is 6.71 Å². The number of hydrogen-bond acceptors (Lipinski definition) is 2. The van der Waals surface area contributed by atoms with Crippen LogP contribution in [0.5, 0.6) is 11.5 Å². The summed E-state index contributed by atoms with van der Waals surface area (Å²) in [6, 6.07) is 1.77. The summed E-state index contributed by atoms with van der Waals surface area (Å²) in [5.41, 5.74) is 1.64. The Morgan fingerprint density at radius 2 is 1.30 bits per heavy atom. The Bertz CT molecular complexity index is 2130. The molecule has 0 unspecified atom stereocenters. The van der Waals surface area contributed by atoms with Crippen molar-refractivity contribution in [1.82, 2.24) is 0 Å². The Hall–Kier alpha value is -4.24. The van der Waals surface area contributed by atoms with Crippen LogP contribution in [-0.2, 0) is 0 Å². The van der Waals surface area contributed by atoms with Crippen LogP contribution in [0.15, 0.2) is 121 Å². The normalized spacial score (nSPS) is 18.4. The van der Waals surface area contributed by atoms with Gasteiger partial charge in [-0.1, -0.05) is 84.1 Å². The number of para-hydroxylation sites is 2. The van der Waals surface area contributed by atoms with Crippen LogP contribution in [0.4, 0.5) is 17.1 Å². The standard InChI is InChI=1S/C30H20BNO/c1-3-10-21(11-4-1)32(22-12-5-2-6-13-22)23-18-19-27-29(20-23)33-28-17-9-15-25-24-14-7-8-16-26(24)31(27)30(25)28/h1-20H/i1D,2D,3D,4D,5D,6D,7D,8D,10D,11D,12D,13D,14D,16D. The summed E-state index contributed by atoms with van der Waals surface area (Å²) in [4.78, 5) is 1.03. The van der Waals surface area contributed by atoms with Gasteiger partial charge < -0.3 is 9.64 Å². The molecule has 2 aliphatic rings. The van der Waals surface area contributed by atoms with E-state index in [2.05, 4.69) is 0 Å². The lowest BCUT2D eigenvalue weighted by Crippen LogP contribution is -2.52. The lowest BCUT2D eigenvalue weighted by molar-refractivity contribution is 0.488. The summed E-state index contributed by atoms with van der Waals surface area (Å²) in [5, 5.41) is 0. The van der Waals surface area contributed by atoms with Crippen molar-refractivity contribution < 1.29 is 23.9 Å². The first kappa shape index (κ1) is 9.32. The summed E-state index contributed by atoms with van der Waals surface area (Å²) in [6.07, 6.45) is 0. The highest BCUT2D eigenvalue weighted by atomic mass is 16.5. The molecule has 0 aliphatic carbocycles. The van der Waals surface area contributed by atoms with E-state index >= 15 is 0 Å². The Kier molecular flexibility index (Phi) is 2.02. The lowest BCUT2D eigenvalue weighted by atomic mass is 9.38. The highest BCUT2D eigenvalue weighted by Crippen LogP contribution is 2.39. The van der Waals surface area contributed by atoms with Gasteiger partial charge in [-0.2, -0.15) is 0 Å². The van der Waals surface area contributed by atoms with E-state index in [1.165, 1.54) is 12.1 Å². The smallest absolute Gasteiger partial charge is 0.252 e. The van der Waals surface area contributed by atoms with E-state index in [0.717, 1.165) is 4.90 Å². The van der Waals surface area contributed by atoms with Crippen LogP contribution in [-0.4, -0.2) is 6.71 Å². The fourth-order valence-corrected chi connectivity index (χ4v) is 4.54. The van der Waals surface area contributed by atoms with E-state index in [1.54, 1.807) is 24.3 Å². The molecule has 0 atom stereocenters. The van der Waals surface area contributed by atoms with Gasteiger partial charge in [0.1, 0.15) is 11.5 Å². The minimum Gasteiger partial charge on any atom is -0.458 e. The van der Waals surface area contributed by atoms with Gasteiger partial charge in [0.15, 0.2) is 0 Å². The number of nitrogens with zero attached hydrogens (tertiary/aromatic N) is 1. The second-order valence-electron chi connectivity index (χ2n) is 7.55. The van der Waals surface area contributed by atoms with Crippen molar-refractivity contribution in [3.05, 3.63) is 121 Å². The molecular weight excluding hydrogens is 401 g/mol. The molecule has 2 nitrogen and oxygen atoms in total. The van der Waals surface area contributed by atoms with Crippen LogP contribution < -0.4 is 26.0 Å². The summed E-state index contributed by atoms with van der Waals surface area (Å²) in [6.45, 7) is -0.662. The van der Waals surface area contributed by atoms with Crippen molar-refractivity contribution in [1.29, 1.82) is 0 Å². The number of ether oxygens (including phenoxy) is 1. The zero-order valence-electron chi connectivity index (χ0n) is 30.9. The Morgan fingerprint density at radius 3 is 2.06 bits per heavy atom. The van der Waals surface area contributed by atoms with Gasteiger partial charge in [-0.15, -0.1) is 0 Å². The Balaban J connectivity index is 1.53. The summed E-state index contributed by atoms with van der Waals surface area (Å²) in [7, 11) is 0. The van der Waals surface area contributed by atoms with Crippen molar-refractivity contribution in [3.63, 3.8) is 0 Å². The Labute approximate surface area is 213 Å². The Morgan fingerprint density at radius 1 is 0.606 bits per heavy atom. The molecule has 5 aromatic carbocycles. The van der Waals surface area contributed by atoms with Gasteiger partial charge in [0.2, 0.25) is 0 Å². The molecule has 5 aromatic rings. The zero-order valence-corrected chi connectivity index (χ0v) is 16.9. The third-order valence-electron chi connectivity index (χ3n) is 5.84. The third-order valence-corrected chi connectivity index (χ3v) is 5.84. The van der Waals surface area contributed by atoms with Crippen molar-refractivity contribution in [2.75, 3.05) is 4.90 Å². The minimum atomic E-state index is -0.689. The van der Waals surface area contributed by atoms with Crippen LogP contribution in [0.1, 0.15) is 19.2 Å². The third kappa shape index (κ3) is 2.76.